The van der Waals surface area contributed by atoms with Gasteiger partial charge in [0.25, 0.3) is 0 Å². The van der Waals surface area contributed by atoms with Crippen LogP contribution in [0.25, 0.3) is 0 Å². The van der Waals surface area contributed by atoms with Crippen molar-refractivity contribution >= 4 is 17.7 Å². The molecular weight excluding hydrogens is 382 g/mol. The van der Waals surface area contributed by atoms with Gasteiger partial charge in [-0.25, -0.2) is 4.79 Å². The second kappa shape index (κ2) is 9.24. The first kappa shape index (κ1) is 21.7. The summed E-state index contributed by atoms with van der Waals surface area (Å²) in [7, 11) is 0. The molecule has 0 radical (unpaired) electrons. The fourth-order valence-corrected chi connectivity index (χ4v) is 3.92. The van der Waals surface area contributed by atoms with E-state index < -0.39 is 5.97 Å². The zero-order valence-corrected chi connectivity index (χ0v) is 18.1. The van der Waals surface area contributed by atoms with Gasteiger partial charge in [-0.05, 0) is 63.8 Å². The standard InChI is InChI=1S/C23H29N3O4/c1-5-26-16(4)20(15(3)21(26)23(29)30-6-2)19(27)14-25(22(28)18-7-8-18)13-17-9-11-24-12-10-17/h9-12,18H,5-8,13-14H2,1-4H3. The molecule has 2 aromatic rings. The predicted molar refractivity (Wildman–Crippen MR) is 112 cm³/mol. The summed E-state index contributed by atoms with van der Waals surface area (Å²) in [6.45, 7) is 8.45. The Morgan fingerprint density at radius 1 is 1.17 bits per heavy atom. The van der Waals surface area contributed by atoms with Crippen molar-refractivity contribution in [3.63, 3.8) is 0 Å². The van der Waals surface area contributed by atoms with Gasteiger partial charge in [0.2, 0.25) is 5.91 Å². The molecule has 3 rings (SSSR count). The first-order valence-corrected chi connectivity index (χ1v) is 10.5. The van der Waals surface area contributed by atoms with E-state index in [-0.39, 0.29) is 30.8 Å². The van der Waals surface area contributed by atoms with E-state index in [0.717, 1.165) is 24.1 Å². The Morgan fingerprint density at radius 3 is 2.40 bits per heavy atom. The molecule has 1 saturated carbocycles. The maximum absolute atomic E-state index is 13.3. The maximum Gasteiger partial charge on any atom is 0.355 e. The molecule has 1 aliphatic carbocycles. The lowest BCUT2D eigenvalue weighted by Crippen LogP contribution is -2.36. The van der Waals surface area contributed by atoms with Crippen molar-refractivity contribution in [2.24, 2.45) is 5.92 Å². The first-order valence-electron chi connectivity index (χ1n) is 10.5. The lowest BCUT2D eigenvalue weighted by atomic mass is 10.0. The van der Waals surface area contributed by atoms with Crippen molar-refractivity contribution in [1.82, 2.24) is 14.5 Å². The fraction of sp³-hybridized carbons (Fsp3) is 0.478. The smallest absolute Gasteiger partial charge is 0.355 e. The Kier molecular flexibility index (Phi) is 6.70. The Labute approximate surface area is 177 Å². The van der Waals surface area contributed by atoms with Gasteiger partial charge in [0.15, 0.2) is 5.78 Å². The van der Waals surface area contributed by atoms with E-state index in [4.69, 9.17) is 4.74 Å². The lowest BCUT2D eigenvalue weighted by molar-refractivity contribution is -0.132. The van der Waals surface area contributed by atoms with E-state index in [1.165, 1.54) is 0 Å². The number of nitrogens with zero attached hydrogens (tertiary/aromatic N) is 3. The number of amides is 1. The third-order valence-electron chi connectivity index (χ3n) is 5.53. The van der Waals surface area contributed by atoms with Gasteiger partial charge < -0.3 is 14.2 Å². The molecule has 0 aliphatic heterocycles. The molecule has 0 spiro atoms. The highest BCUT2D eigenvalue weighted by atomic mass is 16.5. The molecule has 30 heavy (non-hydrogen) atoms. The molecule has 0 N–H and O–H groups in total. The lowest BCUT2D eigenvalue weighted by Gasteiger charge is -2.22. The summed E-state index contributed by atoms with van der Waals surface area (Å²) < 4.78 is 7.01. The van der Waals surface area contributed by atoms with E-state index in [1.54, 1.807) is 31.1 Å². The largest absolute Gasteiger partial charge is 0.461 e. The Morgan fingerprint density at radius 2 is 1.83 bits per heavy atom. The molecule has 2 heterocycles. The molecule has 0 atom stereocenters. The number of esters is 1. The van der Waals surface area contributed by atoms with Crippen LogP contribution in [0, 0.1) is 19.8 Å². The number of pyridine rings is 1. The van der Waals surface area contributed by atoms with Crippen LogP contribution < -0.4 is 0 Å². The van der Waals surface area contributed by atoms with E-state index in [2.05, 4.69) is 4.98 Å². The van der Waals surface area contributed by atoms with Gasteiger partial charge in [-0.15, -0.1) is 0 Å². The maximum atomic E-state index is 13.3. The highest BCUT2D eigenvalue weighted by Gasteiger charge is 2.35. The molecule has 0 aromatic carbocycles. The van der Waals surface area contributed by atoms with Crippen molar-refractivity contribution in [2.45, 2.75) is 53.6 Å². The highest BCUT2D eigenvalue weighted by molar-refractivity contribution is 6.04. The van der Waals surface area contributed by atoms with Crippen molar-refractivity contribution < 1.29 is 19.1 Å². The zero-order chi connectivity index (χ0) is 21.8. The van der Waals surface area contributed by atoms with Gasteiger partial charge in [0.05, 0.1) is 13.2 Å². The van der Waals surface area contributed by atoms with Gasteiger partial charge >= 0.3 is 5.97 Å². The highest BCUT2D eigenvalue weighted by Crippen LogP contribution is 2.32. The molecule has 2 aromatic heterocycles. The number of Topliss-reactive ketones (excluding diaryl/α,β-unsaturated/α-hetero) is 1. The SMILES string of the molecule is CCOC(=O)c1c(C)c(C(=O)CN(Cc2ccncc2)C(=O)C2CC2)c(C)n1CC. The molecule has 0 saturated heterocycles. The van der Waals surface area contributed by atoms with Crippen molar-refractivity contribution in [3.05, 3.63) is 52.6 Å². The normalized spacial score (nSPS) is 13.2. The minimum Gasteiger partial charge on any atom is -0.461 e. The van der Waals surface area contributed by atoms with Crippen LogP contribution in [0.1, 0.15) is 64.4 Å². The van der Waals surface area contributed by atoms with Gasteiger partial charge in [-0.3, -0.25) is 14.6 Å². The minimum atomic E-state index is -0.429. The number of aromatic nitrogens is 2. The number of carbonyl (C=O) groups is 3. The number of rotatable bonds is 9. The fourth-order valence-electron chi connectivity index (χ4n) is 3.92. The first-order chi connectivity index (χ1) is 14.4. The number of carbonyl (C=O) groups excluding carboxylic acids is 3. The third-order valence-corrected chi connectivity index (χ3v) is 5.53. The van der Waals surface area contributed by atoms with E-state index in [1.807, 2.05) is 30.5 Å². The Hall–Kier alpha value is -2.96. The summed E-state index contributed by atoms with van der Waals surface area (Å²) in [5.41, 5.74) is 3.18. The Balaban J connectivity index is 1.90. The molecule has 7 heteroatoms. The molecular formula is C23H29N3O4. The molecule has 1 aliphatic rings. The van der Waals surface area contributed by atoms with Gasteiger partial charge in [-0.2, -0.15) is 0 Å². The van der Waals surface area contributed by atoms with Crippen LogP contribution in [0.15, 0.2) is 24.5 Å². The number of hydrogen-bond donors (Lipinski definition) is 0. The number of ether oxygens (including phenoxy) is 1. The molecule has 7 nitrogen and oxygen atoms in total. The minimum absolute atomic E-state index is 0.0102. The van der Waals surface area contributed by atoms with E-state index in [9.17, 15) is 14.4 Å². The van der Waals surface area contributed by atoms with Crippen LogP contribution in [-0.4, -0.2) is 45.3 Å². The average Bonchev–Trinajstić information content (AvgIpc) is 3.53. The molecule has 1 amide bonds. The summed E-state index contributed by atoms with van der Waals surface area (Å²) >= 11 is 0. The second-order valence-corrected chi connectivity index (χ2v) is 7.65. The van der Waals surface area contributed by atoms with Crippen LogP contribution in [0.3, 0.4) is 0 Å². The Bertz CT molecular complexity index is 945. The van der Waals surface area contributed by atoms with Crippen LogP contribution in [-0.2, 0) is 22.6 Å². The number of hydrogen-bond acceptors (Lipinski definition) is 5. The van der Waals surface area contributed by atoms with Crippen molar-refractivity contribution in [2.75, 3.05) is 13.2 Å². The summed E-state index contributed by atoms with van der Waals surface area (Å²) in [5, 5.41) is 0. The van der Waals surface area contributed by atoms with Crippen LogP contribution >= 0.6 is 0 Å². The quantitative estimate of drug-likeness (QED) is 0.467. The summed E-state index contributed by atoms with van der Waals surface area (Å²) in [5.74, 6) is -0.569. The van der Waals surface area contributed by atoms with Crippen molar-refractivity contribution in [1.29, 1.82) is 0 Å². The monoisotopic (exact) mass is 411 g/mol. The molecule has 1 fully saturated rings. The van der Waals surface area contributed by atoms with Crippen LogP contribution in [0.2, 0.25) is 0 Å². The topological polar surface area (TPSA) is 81.5 Å². The van der Waals surface area contributed by atoms with E-state index in [0.29, 0.717) is 29.9 Å². The second-order valence-electron chi connectivity index (χ2n) is 7.65. The predicted octanol–water partition coefficient (Wildman–Crippen LogP) is 3.32. The van der Waals surface area contributed by atoms with Crippen LogP contribution in [0.5, 0.6) is 0 Å². The summed E-state index contributed by atoms with van der Waals surface area (Å²) in [6, 6.07) is 3.70. The van der Waals surface area contributed by atoms with E-state index >= 15 is 0 Å². The van der Waals surface area contributed by atoms with Gasteiger partial charge in [-0.1, -0.05) is 0 Å². The summed E-state index contributed by atoms with van der Waals surface area (Å²) in [6.07, 6.45) is 5.10. The molecule has 160 valence electrons. The number of ketones is 1. The summed E-state index contributed by atoms with van der Waals surface area (Å²) in [4.78, 5) is 44.3. The van der Waals surface area contributed by atoms with Gasteiger partial charge in [0.1, 0.15) is 5.69 Å². The molecule has 0 unspecified atom stereocenters. The zero-order valence-electron chi connectivity index (χ0n) is 18.1. The van der Waals surface area contributed by atoms with Gasteiger partial charge in [0, 0.05) is 42.7 Å². The van der Waals surface area contributed by atoms with Crippen molar-refractivity contribution in [3.8, 4) is 0 Å². The average molecular weight is 412 g/mol. The third kappa shape index (κ3) is 4.45. The van der Waals surface area contributed by atoms with Crippen LogP contribution in [0.4, 0.5) is 0 Å². The molecule has 0 bridgehead atoms.